The molecule has 4 aromatic carbocycles. The maximum absolute atomic E-state index is 13.8. The maximum atomic E-state index is 13.8. The lowest BCUT2D eigenvalue weighted by molar-refractivity contribution is -0.144. The van der Waals surface area contributed by atoms with Gasteiger partial charge in [0.25, 0.3) is 0 Å². The molecular weight excluding hydrogens is 889 g/mol. The summed E-state index contributed by atoms with van der Waals surface area (Å²) in [4.78, 5) is 60.3. The van der Waals surface area contributed by atoms with Crippen LogP contribution in [0.3, 0.4) is 0 Å². The number of aromatic amines is 1. The van der Waals surface area contributed by atoms with Gasteiger partial charge in [0, 0.05) is 49.1 Å². The van der Waals surface area contributed by atoms with Crippen molar-refractivity contribution in [1.29, 1.82) is 0 Å². The van der Waals surface area contributed by atoms with Crippen LogP contribution < -0.4 is 16.0 Å². The Morgan fingerprint density at radius 2 is 1.49 bits per heavy atom. The standard InChI is InChI=1S/C55H66N6O9/c1-39-14-16-42(17-15-39)38-57-52(64)47-13-8-26-61(47)54(66)51(55(2,3)4)60-48(63)24-28-67-30-32-69-34-35-70-33-31-68-29-25-56-37-41-18-21-44(22-19-41)58-50(43-11-6-5-7-12-43)49-45-23-20-40(10-9-27-62)36-46(45)59-53(49)65/h5-7,11-12,14-23,27,36,47,51,56,59,65H,8,13,24-26,28-35,37-38H2,1-4H3,(H,57,64)(H,60,63). The molecule has 15 heteroatoms. The number of rotatable bonds is 25. The number of aliphatic imine (C=N–C) groups is 1. The van der Waals surface area contributed by atoms with Gasteiger partial charge in [-0.15, -0.1) is 0 Å². The molecule has 15 nitrogen and oxygen atoms in total. The van der Waals surface area contributed by atoms with E-state index in [9.17, 15) is 24.3 Å². The van der Waals surface area contributed by atoms with Gasteiger partial charge in [-0.2, -0.15) is 0 Å². The summed E-state index contributed by atoms with van der Waals surface area (Å²) >= 11 is 0. The van der Waals surface area contributed by atoms with E-state index >= 15 is 0 Å². The Kier molecular flexibility index (Phi) is 20.3. The van der Waals surface area contributed by atoms with E-state index in [0.29, 0.717) is 107 Å². The number of nitrogens with one attached hydrogen (secondary N) is 4. The van der Waals surface area contributed by atoms with E-state index in [1.165, 1.54) is 0 Å². The molecule has 1 saturated heterocycles. The van der Waals surface area contributed by atoms with Crippen molar-refractivity contribution in [1.82, 2.24) is 25.8 Å². The minimum Gasteiger partial charge on any atom is -0.494 e. The molecule has 0 radical (unpaired) electrons. The highest BCUT2D eigenvalue weighted by atomic mass is 16.6. The molecule has 1 aromatic heterocycles. The summed E-state index contributed by atoms with van der Waals surface area (Å²) in [5, 5.41) is 21.1. The first-order valence-electron chi connectivity index (χ1n) is 23.9. The summed E-state index contributed by atoms with van der Waals surface area (Å²) in [7, 11) is 0. The summed E-state index contributed by atoms with van der Waals surface area (Å²) in [6.45, 7) is 13.0. The van der Waals surface area contributed by atoms with Gasteiger partial charge in [0.1, 0.15) is 12.1 Å². The Bertz CT molecular complexity index is 2580. The fourth-order valence-electron chi connectivity index (χ4n) is 7.96. The first-order valence-corrected chi connectivity index (χ1v) is 23.9. The third-order valence-corrected chi connectivity index (χ3v) is 11.7. The van der Waals surface area contributed by atoms with E-state index in [-0.39, 0.29) is 36.6 Å². The van der Waals surface area contributed by atoms with Gasteiger partial charge in [-0.05, 0) is 66.5 Å². The molecule has 70 heavy (non-hydrogen) atoms. The van der Waals surface area contributed by atoms with Crippen LogP contribution in [0.1, 0.15) is 73.4 Å². The van der Waals surface area contributed by atoms with Crippen LogP contribution in [0.2, 0.25) is 0 Å². The molecular formula is C55H66N6O9. The number of ether oxygens (including phenoxy) is 4. The molecule has 2 atom stereocenters. The van der Waals surface area contributed by atoms with Gasteiger partial charge >= 0.3 is 0 Å². The Hall–Kier alpha value is -6.67. The molecule has 1 aliphatic rings. The van der Waals surface area contributed by atoms with Gasteiger partial charge in [-0.25, -0.2) is 4.99 Å². The van der Waals surface area contributed by atoms with Crippen LogP contribution >= 0.6 is 0 Å². The van der Waals surface area contributed by atoms with Crippen molar-refractivity contribution in [2.75, 3.05) is 65.9 Å². The monoisotopic (exact) mass is 954 g/mol. The second kappa shape index (κ2) is 26.9. The molecule has 1 aliphatic heterocycles. The topological polar surface area (TPSA) is 193 Å². The summed E-state index contributed by atoms with van der Waals surface area (Å²) in [6, 6.07) is 29.7. The highest BCUT2D eigenvalue weighted by Gasteiger charge is 2.41. The summed E-state index contributed by atoms with van der Waals surface area (Å²) in [5.74, 6) is 4.48. The van der Waals surface area contributed by atoms with Gasteiger partial charge in [0.2, 0.25) is 17.7 Å². The lowest BCUT2D eigenvalue weighted by atomic mass is 9.85. The number of aromatic hydroxyl groups is 1. The van der Waals surface area contributed by atoms with E-state index in [1.54, 1.807) is 11.0 Å². The number of benzene rings is 4. The number of aromatic nitrogens is 1. The molecule has 5 aromatic rings. The molecule has 0 bridgehead atoms. The Morgan fingerprint density at radius 1 is 0.843 bits per heavy atom. The first-order chi connectivity index (χ1) is 33.9. The number of likely N-dealkylation sites (tertiary alicyclic amines) is 1. The van der Waals surface area contributed by atoms with Crippen LogP contribution in [-0.2, 0) is 51.2 Å². The summed E-state index contributed by atoms with van der Waals surface area (Å²) < 4.78 is 22.5. The fourth-order valence-corrected chi connectivity index (χ4v) is 7.96. The van der Waals surface area contributed by atoms with Gasteiger partial charge in [0.05, 0.1) is 75.3 Å². The number of hydrogen-bond donors (Lipinski definition) is 5. The number of aryl methyl sites for hydroxylation is 1. The van der Waals surface area contributed by atoms with Crippen LogP contribution in [0.4, 0.5) is 5.69 Å². The minimum atomic E-state index is -0.791. The molecule has 0 aliphatic carbocycles. The zero-order valence-electron chi connectivity index (χ0n) is 40.7. The molecule has 2 heterocycles. The van der Waals surface area contributed by atoms with Crippen LogP contribution in [0.15, 0.2) is 102 Å². The van der Waals surface area contributed by atoms with Crippen molar-refractivity contribution in [2.45, 2.75) is 72.1 Å². The summed E-state index contributed by atoms with van der Waals surface area (Å²) in [6.07, 6.45) is 1.94. The fraction of sp³-hybridized carbons (Fsp3) is 0.400. The van der Waals surface area contributed by atoms with Crippen LogP contribution in [-0.4, -0.2) is 123 Å². The molecule has 3 amide bonds. The van der Waals surface area contributed by atoms with Crippen molar-refractivity contribution in [3.63, 3.8) is 0 Å². The molecule has 5 N–H and O–H groups in total. The first kappa shape index (κ1) is 52.7. The Morgan fingerprint density at radius 3 is 2.16 bits per heavy atom. The number of carbonyl (C=O) groups is 4. The lowest BCUT2D eigenvalue weighted by Crippen LogP contribution is -2.57. The molecule has 2 unspecified atom stereocenters. The zero-order valence-corrected chi connectivity index (χ0v) is 40.7. The highest BCUT2D eigenvalue weighted by Crippen LogP contribution is 2.32. The van der Waals surface area contributed by atoms with E-state index < -0.39 is 17.5 Å². The minimum absolute atomic E-state index is 0.00750. The molecule has 0 saturated carbocycles. The number of aldehydes is 1. The predicted octanol–water partition coefficient (Wildman–Crippen LogP) is 6.29. The average Bonchev–Trinajstić information content (AvgIpc) is 3.98. The number of amides is 3. The Balaban J connectivity index is 0.802. The van der Waals surface area contributed by atoms with E-state index in [1.807, 2.05) is 119 Å². The smallest absolute Gasteiger partial charge is 0.246 e. The largest absolute Gasteiger partial charge is 0.494 e. The predicted molar refractivity (Wildman–Crippen MR) is 270 cm³/mol. The summed E-state index contributed by atoms with van der Waals surface area (Å²) in [5.41, 5.74) is 6.76. The van der Waals surface area contributed by atoms with Gasteiger partial charge in [-0.3, -0.25) is 19.2 Å². The van der Waals surface area contributed by atoms with Crippen molar-refractivity contribution in [2.24, 2.45) is 10.4 Å². The van der Waals surface area contributed by atoms with Crippen LogP contribution in [0, 0.1) is 24.2 Å². The zero-order chi connectivity index (χ0) is 49.7. The molecule has 1 fully saturated rings. The maximum Gasteiger partial charge on any atom is 0.246 e. The quantitative estimate of drug-likeness (QED) is 0.0192. The van der Waals surface area contributed by atoms with Crippen LogP contribution in [0.5, 0.6) is 5.88 Å². The highest BCUT2D eigenvalue weighted by molar-refractivity contribution is 6.22. The number of carbonyl (C=O) groups excluding carboxylic acids is 4. The van der Waals surface area contributed by atoms with E-state index in [0.717, 1.165) is 39.7 Å². The van der Waals surface area contributed by atoms with Crippen LogP contribution in [0.25, 0.3) is 10.9 Å². The average molecular weight is 955 g/mol. The van der Waals surface area contributed by atoms with Crippen molar-refractivity contribution in [3.05, 3.63) is 130 Å². The normalized spacial score (nSPS) is 14.3. The third kappa shape index (κ3) is 15.9. The number of hydrogen-bond acceptors (Lipinski definition) is 11. The number of fused-ring (bicyclic) bond motifs is 1. The second-order valence-electron chi connectivity index (χ2n) is 18.1. The van der Waals surface area contributed by atoms with Crippen molar-refractivity contribution in [3.8, 4) is 17.7 Å². The third-order valence-electron chi connectivity index (χ3n) is 11.7. The van der Waals surface area contributed by atoms with Crippen molar-refractivity contribution < 1.29 is 43.2 Å². The SMILES string of the molecule is Cc1ccc(CNC(=O)C2CCCN2C(=O)C(NC(=O)CCOCCOCCOCCOCCNCc2ccc(N=C(c3ccccc3)c3c(O)[nH]c4cc(C#CC=O)ccc34)cc2)C(C)(C)C)cc1. The molecule has 0 spiro atoms. The van der Waals surface area contributed by atoms with Gasteiger partial charge < -0.3 is 49.9 Å². The van der Waals surface area contributed by atoms with E-state index in [4.69, 9.17) is 23.9 Å². The molecule has 6 rings (SSSR count). The van der Waals surface area contributed by atoms with Crippen molar-refractivity contribution >= 4 is 46.3 Å². The molecule has 370 valence electrons. The van der Waals surface area contributed by atoms with Gasteiger partial charge in [0.15, 0.2) is 12.2 Å². The van der Waals surface area contributed by atoms with Gasteiger partial charge in [-0.1, -0.05) is 105 Å². The van der Waals surface area contributed by atoms with E-state index in [2.05, 4.69) is 32.8 Å². The number of nitrogens with zero attached hydrogens (tertiary/aromatic N) is 2. The lowest BCUT2D eigenvalue weighted by Gasteiger charge is -2.35. The number of H-pyrrole nitrogens is 1. The second-order valence-corrected chi connectivity index (χ2v) is 18.1. The Labute approximate surface area is 410 Å².